The highest BCUT2D eigenvalue weighted by Crippen LogP contribution is 2.13. The molecule has 90 valence electrons. The number of carbonyl (C=O) groups excluding carboxylic acids is 1. The van der Waals surface area contributed by atoms with E-state index in [9.17, 15) is 9.00 Å². The molecule has 2 N–H and O–H groups in total. The molecule has 0 aliphatic heterocycles. The number of aromatic amines is 1. The van der Waals surface area contributed by atoms with Crippen molar-refractivity contribution in [1.82, 2.24) is 10.3 Å². The van der Waals surface area contributed by atoms with Gasteiger partial charge in [-0.2, -0.15) is 0 Å². The summed E-state index contributed by atoms with van der Waals surface area (Å²) in [5.41, 5.74) is 1.55. The summed E-state index contributed by atoms with van der Waals surface area (Å²) < 4.78 is 10.9. The maximum Gasteiger partial charge on any atom is 0.251 e. The molecule has 1 unspecified atom stereocenters. The van der Waals surface area contributed by atoms with Gasteiger partial charge in [0, 0.05) is 46.6 Å². The molecule has 0 saturated heterocycles. The van der Waals surface area contributed by atoms with E-state index < -0.39 is 10.8 Å². The van der Waals surface area contributed by atoms with Crippen LogP contribution in [0.3, 0.4) is 0 Å². The highest BCUT2D eigenvalue weighted by molar-refractivity contribution is 7.84. The number of amides is 1. The highest BCUT2D eigenvalue weighted by atomic mass is 32.2. The van der Waals surface area contributed by atoms with Crippen LogP contribution in [0.2, 0.25) is 0 Å². The van der Waals surface area contributed by atoms with Crippen molar-refractivity contribution in [2.45, 2.75) is 0 Å². The van der Waals surface area contributed by atoms with E-state index >= 15 is 0 Å². The van der Waals surface area contributed by atoms with E-state index in [1.165, 1.54) is 0 Å². The van der Waals surface area contributed by atoms with Gasteiger partial charge >= 0.3 is 0 Å². The molecule has 0 aliphatic carbocycles. The van der Waals surface area contributed by atoms with Crippen LogP contribution in [0.25, 0.3) is 10.9 Å². The van der Waals surface area contributed by atoms with E-state index in [0.717, 1.165) is 10.9 Å². The van der Waals surface area contributed by atoms with E-state index in [-0.39, 0.29) is 5.91 Å². The van der Waals surface area contributed by atoms with Crippen molar-refractivity contribution in [3.05, 3.63) is 36.0 Å². The van der Waals surface area contributed by atoms with Gasteiger partial charge in [0.05, 0.1) is 0 Å². The molecule has 0 spiro atoms. The molecule has 0 saturated carbocycles. The van der Waals surface area contributed by atoms with E-state index in [2.05, 4.69) is 10.3 Å². The van der Waals surface area contributed by atoms with Gasteiger partial charge < -0.3 is 10.3 Å². The second kappa shape index (κ2) is 5.14. The Labute approximate surface area is 102 Å². The summed E-state index contributed by atoms with van der Waals surface area (Å²) in [7, 11) is -0.875. The summed E-state index contributed by atoms with van der Waals surface area (Å²) in [5.74, 6) is 0.350. The van der Waals surface area contributed by atoms with E-state index in [1.54, 1.807) is 12.3 Å². The number of aromatic nitrogens is 1. The van der Waals surface area contributed by atoms with Gasteiger partial charge in [-0.05, 0) is 23.6 Å². The van der Waals surface area contributed by atoms with Crippen molar-refractivity contribution in [3.8, 4) is 0 Å². The number of fused-ring (bicyclic) bond motifs is 1. The standard InChI is InChI=1S/C12H14N2O2S/c1-17(16)7-6-14-12(15)10-3-2-9-4-5-13-11(9)8-10/h2-5,8,13H,6-7H2,1H3,(H,14,15). The number of rotatable bonds is 4. The first-order valence-electron chi connectivity index (χ1n) is 5.32. The molecule has 1 aromatic carbocycles. The number of nitrogens with one attached hydrogen (secondary N) is 2. The topological polar surface area (TPSA) is 62.0 Å². The minimum Gasteiger partial charge on any atom is -0.361 e. The van der Waals surface area contributed by atoms with E-state index in [1.807, 2.05) is 24.4 Å². The van der Waals surface area contributed by atoms with Crippen LogP contribution in [0.15, 0.2) is 30.5 Å². The zero-order valence-electron chi connectivity index (χ0n) is 9.53. The minimum absolute atomic E-state index is 0.132. The average molecular weight is 250 g/mol. The van der Waals surface area contributed by atoms with Crippen molar-refractivity contribution in [3.63, 3.8) is 0 Å². The Morgan fingerprint density at radius 2 is 2.24 bits per heavy atom. The zero-order chi connectivity index (χ0) is 12.3. The first-order valence-corrected chi connectivity index (χ1v) is 7.05. The lowest BCUT2D eigenvalue weighted by molar-refractivity contribution is 0.0956. The lowest BCUT2D eigenvalue weighted by atomic mass is 10.1. The van der Waals surface area contributed by atoms with Crippen molar-refractivity contribution >= 4 is 27.6 Å². The molecule has 2 rings (SSSR count). The largest absolute Gasteiger partial charge is 0.361 e. The smallest absolute Gasteiger partial charge is 0.251 e. The normalized spacial score (nSPS) is 12.5. The summed E-state index contributed by atoms with van der Waals surface area (Å²) in [5, 5.41) is 3.82. The summed E-state index contributed by atoms with van der Waals surface area (Å²) in [4.78, 5) is 14.8. The second-order valence-electron chi connectivity index (χ2n) is 3.81. The molecular weight excluding hydrogens is 236 g/mol. The van der Waals surface area contributed by atoms with Crippen molar-refractivity contribution in [2.75, 3.05) is 18.6 Å². The number of hydrogen-bond donors (Lipinski definition) is 2. The fourth-order valence-corrected chi connectivity index (χ4v) is 1.99. The quantitative estimate of drug-likeness (QED) is 0.858. The molecule has 0 radical (unpaired) electrons. The predicted molar refractivity (Wildman–Crippen MR) is 69.6 cm³/mol. The number of carbonyl (C=O) groups is 1. The van der Waals surface area contributed by atoms with Gasteiger partial charge in [0.1, 0.15) is 0 Å². The lowest BCUT2D eigenvalue weighted by Crippen LogP contribution is -2.27. The number of H-pyrrole nitrogens is 1. The molecule has 0 aliphatic rings. The Morgan fingerprint density at radius 1 is 1.41 bits per heavy atom. The van der Waals surface area contributed by atoms with Gasteiger partial charge in [0.2, 0.25) is 0 Å². The summed E-state index contributed by atoms with van der Waals surface area (Å²) in [6.07, 6.45) is 3.46. The first kappa shape index (κ1) is 11.9. The zero-order valence-corrected chi connectivity index (χ0v) is 10.3. The fourth-order valence-electron chi connectivity index (χ4n) is 1.60. The van der Waals surface area contributed by atoms with Gasteiger partial charge in [0.25, 0.3) is 5.91 Å². The Bertz CT molecular complexity index is 562. The molecule has 0 bridgehead atoms. The van der Waals surface area contributed by atoms with Crippen molar-refractivity contribution < 1.29 is 9.00 Å². The molecule has 1 heterocycles. The van der Waals surface area contributed by atoms with Crippen LogP contribution in [0.4, 0.5) is 0 Å². The fraction of sp³-hybridized carbons (Fsp3) is 0.250. The van der Waals surface area contributed by atoms with Crippen LogP contribution < -0.4 is 5.32 Å². The Hall–Kier alpha value is -1.62. The van der Waals surface area contributed by atoms with Crippen LogP contribution >= 0.6 is 0 Å². The van der Waals surface area contributed by atoms with E-state index in [4.69, 9.17) is 0 Å². The highest BCUT2D eigenvalue weighted by Gasteiger charge is 2.06. The third-order valence-corrected chi connectivity index (χ3v) is 3.27. The average Bonchev–Trinajstić information content (AvgIpc) is 2.75. The Morgan fingerprint density at radius 3 is 3.00 bits per heavy atom. The number of hydrogen-bond acceptors (Lipinski definition) is 2. The molecule has 5 heteroatoms. The van der Waals surface area contributed by atoms with Crippen molar-refractivity contribution in [2.24, 2.45) is 0 Å². The lowest BCUT2D eigenvalue weighted by Gasteiger charge is -2.04. The van der Waals surface area contributed by atoms with E-state index in [0.29, 0.717) is 17.9 Å². The maximum absolute atomic E-state index is 11.8. The maximum atomic E-state index is 11.8. The van der Waals surface area contributed by atoms with Crippen LogP contribution in [0, 0.1) is 0 Å². The molecule has 17 heavy (non-hydrogen) atoms. The van der Waals surface area contributed by atoms with Crippen LogP contribution in [0.1, 0.15) is 10.4 Å². The Kier molecular flexibility index (Phi) is 3.58. The number of benzene rings is 1. The summed E-state index contributed by atoms with van der Waals surface area (Å²) in [6, 6.07) is 7.46. The van der Waals surface area contributed by atoms with Gasteiger partial charge in [-0.25, -0.2) is 0 Å². The van der Waals surface area contributed by atoms with Gasteiger partial charge in [0.15, 0.2) is 0 Å². The monoisotopic (exact) mass is 250 g/mol. The van der Waals surface area contributed by atoms with Gasteiger partial charge in [-0.1, -0.05) is 6.07 Å². The molecule has 1 atom stereocenters. The molecule has 4 nitrogen and oxygen atoms in total. The third kappa shape index (κ3) is 2.94. The SMILES string of the molecule is CS(=O)CCNC(=O)c1ccc2cc[nH]c2c1. The summed E-state index contributed by atoms with van der Waals surface area (Å²) >= 11 is 0. The molecule has 1 aromatic heterocycles. The molecule has 2 aromatic rings. The van der Waals surface area contributed by atoms with Crippen LogP contribution in [-0.2, 0) is 10.8 Å². The Balaban J connectivity index is 2.05. The second-order valence-corrected chi connectivity index (χ2v) is 5.37. The summed E-state index contributed by atoms with van der Waals surface area (Å²) in [6.45, 7) is 0.435. The third-order valence-electron chi connectivity index (χ3n) is 2.49. The minimum atomic E-state index is -0.875. The first-order chi connectivity index (χ1) is 8.16. The van der Waals surface area contributed by atoms with Crippen molar-refractivity contribution in [1.29, 1.82) is 0 Å². The predicted octanol–water partition coefficient (Wildman–Crippen LogP) is 1.28. The molecular formula is C12H14N2O2S. The molecule has 1 amide bonds. The molecule has 0 fully saturated rings. The van der Waals surface area contributed by atoms with Gasteiger partial charge in [-0.15, -0.1) is 0 Å². The van der Waals surface area contributed by atoms with Gasteiger partial charge in [-0.3, -0.25) is 9.00 Å². The van der Waals surface area contributed by atoms with Crippen LogP contribution in [0.5, 0.6) is 0 Å². The van der Waals surface area contributed by atoms with Crippen LogP contribution in [-0.4, -0.2) is 33.7 Å².